The predicted octanol–water partition coefficient (Wildman–Crippen LogP) is 2.84. The van der Waals surface area contributed by atoms with Gasteiger partial charge in [0.25, 0.3) is 0 Å². The molecule has 5 heteroatoms. The first-order valence-electron chi connectivity index (χ1n) is 8.00. The summed E-state index contributed by atoms with van der Waals surface area (Å²) in [6, 6.07) is 5.16. The zero-order valence-corrected chi connectivity index (χ0v) is 14.4. The van der Waals surface area contributed by atoms with E-state index in [0.717, 1.165) is 43.5 Å². The number of benzene rings is 1. The van der Waals surface area contributed by atoms with Crippen LogP contribution in [0.5, 0.6) is 0 Å². The van der Waals surface area contributed by atoms with Crippen molar-refractivity contribution in [2.24, 2.45) is 5.41 Å². The fourth-order valence-corrected chi connectivity index (χ4v) is 4.64. The number of fused-ring (bicyclic) bond motifs is 1. The van der Waals surface area contributed by atoms with Gasteiger partial charge in [0.15, 0.2) is 0 Å². The van der Waals surface area contributed by atoms with Crippen molar-refractivity contribution < 1.29 is 8.94 Å². The Hall–Kier alpha value is -0.620. The Morgan fingerprint density at radius 3 is 2.64 bits per heavy atom. The van der Waals surface area contributed by atoms with Crippen LogP contribution in [-0.2, 0) is 17.8 Å². The Kier molecular flexibility index (Phi) is 4.27. The highest BCUT2D eigenvalue weighted by Gasteiger charge is 2.50. The molecule has 0 saturated carbocycles. The van der Waals surface area contributed by atoms with Gasteiger partial charge in [0.05, 0.1) is 6.04 Å². The van der Waals surface area contributed by atoms with E-state index in [0.29, 0.717) is 0 Å². The van der Waals surface area contributed by atoms with E-state index in [2.05, 4.69) is 10.0 Å². The molecule has 1 spiro atoms. The average molecular weight is 324 g/mol. The van der Waals surface area contributed by atoms with Gasteiger partial charge in [-0.05, 0) is 64.8 Å². The molecular formula is C17H25FN2OS. The Balaban J connectivity index is 1.98. The SMILES string of the molecule is CC(C)(C)[S+]([O-])N[C@@H]1c2c(F)cccc2CC12CCNCC2. The fraction of sp³-hybridized carbons (Fsp3) is 0.647. The molecule has 1 aromatic carbocycles. The lowest BCUT2D eigenvalue weighted by Gasteiger charge is -2.40. The summed E-state index contributed by atoms with van der Waals surface area (Å²) in [4.78, 5) is 0. The van der Waals surface area contributed by atoms with Crippen molar-refractivity contribution in [1.82, 2.24) is 10.0 Å². The van der Waals surface area contributed by atoms with Gasteiger partial charge in [0.2, 0.25) is 0 Å². The summed E-state index contributed by atoms with van der Waals surface area (Å²) in [7, 11) is 0. The molecular weight excluding hydrogens is 299 g/mol. The Bertz CT molecular complexity index is 552. The topological polar surface area (TPSA) is 47.1 Å². The maximum Gasteiger partial charge on any atom is 0.136 e. The summed E-state index contributed by atoms with van der Waals surface area (Å²) < 4.78 is 30.0. The molecule has 1 aliphatic carbocycles. The van der Waals surface area contributed by atoms with E-state index in [1.54, 1.807) is 6.07 Å². The third-order valence-corrected chi connectivity index (χ3v) is 6.53. The largest absolute Gasteiger partial charge is 0.598 e. The smallest absolute Gasteiger partial charge is 0.136 e. The van der Waals surface area contributed by atoms with Crippen molar-refractivity contribution in [3.05, 3.63) is 35.1 Å². The van der Waals surface area contributed by atoms with E-state index in [4.69, 9.17) is 0 Å². The third kappa shape index (κ3) is 2.80. The fourth-order valence-electron chi connectivity index (χ4n) is 3.70. The van der Waals surface area contributed by atoms with E-state index in [1.807, 2.05) is 26.8 Å². The van der Waals surface area contributed by atoms with Gasteiger partial charge in [-0.2, -0.15) is 0 Å². The van der Waals surface area contributed by atoms with Crippen molar-refractivity contribution in [3.8, 4) is 0 Å². The van der Waals surface area contributed by atoms with Gasteiger partial charge in [-0.15, -0.1) is 4.72 Å². The van der Waals surface area contributed by atoms with Crippen LogP contribution in [0.1, 0.15) is 50.8 Å². The Morgan fingerprint density at radius 1 is 1.32 bits per heavy atom. The van der Waals surface area contributed by atoms with Crippen LogP contribution >= 0.6 is 0 Å². The van der Waals surface area contributed by atoms with Crippen LogP contribution in [-0.4, -0.2) is 22.4 Å². The minimum Gasteiger partial charge on any atom is -0.598 e. The van der Waals surface area contributed by atoms with E-state index in [1.165, 1.54) is 6.07 Å². The molecule has 2 atom stereocenters. The lowest BCUT2D eigenvalue weighted by Crippen LogP contribution is -2.49. The summed E-state index contributed by atoms with van der Waals surface area (Å²) in [5.41, 5.74) is 1.80. The molecule has 0 radical (unpaired) electrons. The number of rotatable bonds is 2. The molecule has 0 bridgehead atoms. The number of hydrogen-bond acceptors (Lipinski definition) is 3. The summed E-state index contributed by atoms with van der Waals surface area (Å²) in [5.74, 6) is -0.170. The second-order valence-corrected chi connectivity index (χ2v) is 9.53. The van der Waals surface area contributed by atoms with Crippen LogP contribution in [0.2, 0.25) is 0 Å². The van der Waals surface area contributed by atoms with Crippen LogP contribution in [0, 0.1) is 11.2 Å². The van der Waals surface area contributed by atoms with Crippen LogP contribution in [0.25, 0.3) is 0 Å². The van der Waals surface area contributed by atoms with Crippen LogP contribution < -0.4 is 10.0 Å². The lowest BCUT2D eigenvalue weighted by atomic mass is 9.73. The predicted molar refractivity (Wildman–Crippen MR) is 88.4 cm³/mol. The van der Waals surface area contributed by atoms with Crippen molar-refractivity contribution in [2.45, 2.75) is 50.8 Å². The molecule has 1 aliphatic heterocycles. The monoisotopic (exact) mass is 324 g/mol. The van der Waals surface area contributed by atoms with E-state index in [-0.39, 0.29) is 22.0 Å². The van der Waals surface area contributed by atoms with Crippen LogP contribution in [0.3, 0.4) is 0 Å². The highest BCUT2D eigenvalue weighted by molar-refractivity contribution is 7.90. The molecule has 122 valence electrons. The second-order valence-electron chi connectivity index (χ2n) is 7.53. The quantitative estimate of drug-likeness (QED) is 0.823. The normalized spacial score (nSPS) is 25.2. The molecule has 0 amide bonds. The first-order chi connectivity index (χ1) is 10.3. The van der Waals surface area contributed by atoms with E-state index in [9.17, 15) is 8.94 Å². The minimum absolute atomic E-state index is 0.0172. The molecule has 1 heterocycles. The summed E-state index contributed by atoms with van der Waals surface area (Å²) >= 11 is -1.21. The van der Waals surface area contributed by atoms with Gasteiger partial charge in [-0.1, -0.05) is 12.1 Å². The zero-order valence-electron chi connectivity index (χ0n) is 13.5. The van der Waals surface area contributed by atoms with Gasteiger partial charge < -0.3 is 9.87 Å². The van der Waals surface area contributed by atoms with Crippen molar-refractivity contribution in [2.75, 3.05) is 13.1 Å². The maximum absolute atomic E-state index is 14.5. The summed E-state index contributed by atoms with van der Waals surface area (Å²) in [6.07, 6.45) is 2.85. The van der Waals surface area contributed by atoms with Gasteiger partial charge >= 0.3 is 0 Å². The Morgan fingerprint density at radius 2 is 2.00 bits per heavy atom. The lowest BCUT2D eigenvalue weighted by molar-refractivity contribution is 0.162. The zero-order chi connectivity index (χ0) is 16.0. The third-order valence-electron chi connectivity index (χ3n) is 4.97. The molecule has 1 fully saturated rings. The Labute approximate surface area is 135 Å². The number of halogens is 1. The average Bonchev–Trinajstić information content (AvgIpc) is 2.73. The van der Waals surface area contributed by atoms with Crippen LogP contribution in [0.15, 0.2) is 18.2 Å². The van der Waals surface area contributed by atoms with Crippen LogP contribution in [0.4, 0.5) is 4.39 Å². The molecule has 3 rings (SSSR count). The number of nitrogens with one attached hydrogen (secondary N) is 2. The first kappa shape index (κ1) is 16.2. The van der Waals surface area contributed by atoms with Gasteiger partial charge in [0.1, 0.15) is 10.6 Å². The highest BCUT2D eigenvalue weighted by atomic mass is 32.2. The molecule has 22 heavy (non-hydrogen) atoms. The van der Waals surface area contributed by atoms with Gasteiger partial charge in [-0.25, -0.2) is 4.39 Å². The minimum atomic E-state index is -1.21. The number of hydrogen-bond donors (Lipinski definition) is 2. The summed E-state index contributed by atoms with van der Waals surface area (Å²) in [5, 5.41) is 3.38. The maximum atomic E-state index is 14.5. The standard InChI is InChI=1S/C17H25FN2OS/c1-16(2,3)22(21)20-15-14-12(5-4-6-13(14)18)11-17(15)7-9-19-10-8-17/h4-6,15,19-20H,7-11H2,1-3H3/t15-,22?/m1/s1. The molecule has 1 saturated heterocycles. The molecule has 2 aliphatic rings. The van der Waals surface area contributed by atoms with Gasteiger partial charge in [-0.3, -0.25) is 0 Å². The highest BCUT2D eigenvalue weighted by Crippen LogP contribution is 2.52. The molecule has 3 nitrogen and oxygen atoms in total. The number of piperidine rings is 1. The van der Waals surface area contributed by atoms with Crippen molar-refractivity contribution >= 4 is 11.4 Å². The molecule has 2 N–H and O–H groups in total. The molecule has 1 unspecified atom stereocenters. The van der Waals surface area contributed by atoms with E-state index >= 15 is 0 Å². The molecule has 1 aromatic rings. The summed E-state index contributed by atoms with van der Waals surface area (Å²) in [6.45, 7) is 7.72. The van der Waals surface area contributed by atoms with E-state index < -0.39 is 11.4 Å². The van der Waals surface area contributed by atoms with Gasteiger partial charge in [0, 0.05) is 22.3 Å². The second kappa shape index (κ2) is 5.78. The first-order valence-corrected chi connectivity index (χ1v) is 9.15. The van der Waals surface area contributed by atoms with Crippen molar-refractivity contribution in [1.29, 1.82) is 0 Å². The van der Waals surface area contributed by atoms with Crippen molar-refractivity contribution in [3.63, 3.8) is 0 Å². The molecule has 0 aromatic heterocycles.